The molecule has 24 heavy (non-hydrogen) atoms. The van der Waals surface area contributed by atoms with Gasteiger partial charge in [0.2, 0.25) is 0 Å². The van der Waals surface area contributed by atoms with E-state index in [0.29, 0.717) is 5.11 Å². The van der Waals surface area contributed by atoms with Gasteiger partial charge in [-0.15, -0.1) is 0 Å². The molecule has 2 aromatic carbocycles. The summed E-state index contributed by atoms with van der Waals surface area (Å²) >= 11 is 5.32. The number of methoxy groups -OCH3 is 2. The van der Waals surface area contributed by atoms with Crippen molar-refractivity contribution in [3.63, 3.8) is 0 Å². The fourth-order valence-electron chi connectivity index (χ4n) is 2.44. The Balaban J connectivity index is 1.82. The van der Waals surface area contributed by atoms with Crippen LogP contribution in [0.1, 0.15) is 16.7 Å². The van der Waals surface area contributed by atoms with E-state index in [1.54, 1.807) is 14.2 Å². The summed E-state index contributed by atoms with van der Waals surface area (Å²) < 4.78 is 10.7. The van der Waals surface area contributed by atoms with Crippen LogP contribution in [0.25, 0.3) is 0 Å². The molecular formula is C19H24N2O2S. The molecular weight excluding hydrogens is 320 g/mol. The molecule has 4 nitrogen and oxygen atoms in total. The molecule has 0 amide bonds. The van der Waals surface area contributed by atoms with Crippen molar-refractivity contribution in [1.82, 2.24) is 10.6 Å². The molecule has 0 saturated heterocycles. The molecule has 2 rings (SSSR count). The van der Waals surface area contributed by atoms with E-state index in [9.17, 15) is 0 Å². The molecule has 2 aromatic rings. The molecule has 0 fully saturated rings. The Morgan fingerprint density at radius 2 is 1.67 bits per heavy atom. The first-order valence-corrected chi connectivity index (χ1v) is 8.32. The molecule has 0 unspecified atom stereocenters. The Bertz CT molecular complexity index is 675. The number of rotatable bonds is 7. The number of nitrogens with one attached hydrogen (secondary N) is 2. The fourth-order valence-corrected chi connectivity index (χ4v) is 2.62. The van der Waals surface area contributed by atoms with Crippen molar-refractivity contribution in [2.45, 2.75) is 19.9 Å². The minimum absolute atomic E-state index is 0.664. The molecule has 0 heterocycles. The lowest BCUT2D eigenvalue weighted by Gasteiger charge is -2.14. The molecule has 0 aromatic heterocycles. The van der Waals surface area contributed by atoms with Crippen molar-refractivity contribution in [2.24, 2.45) is 0 Å². The van der Waals surface area contributed by atoms with Crippen LogP contribution in [0.5, 0.6) is 11.5 Å². The highest BCUT2D eigenvalue weighted by molar-refractivity contribution is 7.80. The minimum atomic E-state index is 0.664. The highest BCUT2D eigenvalue weighted by atomic mass is 32.1. The molecule has 0 saturated carbocycles. The SMILES string of the molecule is COc1cc(C)c(CCNC(=S)NCc2ccccc2)cc1OC. The van der Waals surface area contributed by atoms with Crippen LogP contribution in [0.15, 0.2) is 42.5 Å². The van der Waals surface area contributed by atoms with Crippen LogP contribution in [0, 0.1) is 6.92 Å². The second-order valence-corrected chi connectivity index (χ2v) is 5.89. The monoisotopic (exact) mass is 344 g/mol. The van der Waals surface area contributed by atoms with Gasteiger partial charge in [-0.3, -0.25) is 0 Å². The van der Waals surface area contributed by atoms with Crippen LogP contribution < -0.4 is 20.1 Å². The zero-order valence-electron chi connectivity index (χ0n) is 14.4. The Hall–Kier alpha value is -2.27. The lowest BCUT2D eigenvalue weighted by atomic mass is 10.0. The van der Waals surface area contributed by atoms with E-state index < -0.39 is 0 Å². The summed E-state index contributed by atoms with van der Waals surface area (Å²) in [4.78, 5) is 0. The van der Waals surface area contributed by atoms with Gasteiger partial charge in [0, 0.05) is 13.1 Å². The van der Waals surface area contributed by atoms with Crippen molar-refractivity contribution < 1.29 is 9.47 Å². The summed E-state index contributed by atoms with van der Waals surface area (Å²) in [5.41, 5.74) is 3.60. The standard InChI is InChI=1S/C19H24N2O2S/c1-14-11-17(22-2)18(23-3)12-16(14)9-10-20-19(24)21-13-15-7-5-4-6-8-15/h4-8,11-12H,9-10,13H2,1-3H3,(H2,20,21,24). The van der Waals surface area contributed by atoms with Gasteiger partial charge in [0.15, 0.2) is 16.6 Å². The van der Waals surface area contributed by atoms with Gasteiger partial charge in [0.05, 0.1) is 14.2 Å². The molecule has 0 radical (unpaired) electrons. The predicted octanol–water partition coefficient (Wildman–Crippen LogP) is 3.22. The van der Waals surface area contributed by atoms with Crippen molar-refractivity contribution in [1.29, 1.82) is 0 Å². The fraction of sp³-hybridized carbons (Fsp3) is 0.316. The second kappa shape index (κ2) is 9.13. The van der Waals surface area contributed by atoms with Gasteiger partial charge < -0.3 is 20.1 Å². The van der Waals surface area contributed by atoms with Gasteiger partial charge in [-0.1, -0.05) is 30.3 Å². The van der Waals surface area contributed by atoms with Gasteiger partial charge in [0.25, 0.3) is 0 Å². The Morgan fingerprint density at radius 1 is 1.00 bits per heavy atom. The van der Waals surface area contributed by atoms with E-state index in [4.69, 9.17) is 21.7 Å². The Morgan fingerprint density at radius 3 is 2.33 bits per heavy atom. The number of hydrogen-bond acceptors (Lipinski definition) is 3. The first kappa shape index (κ1) is 18.1. The third kappa shape index (κ3) is 5.13. The van der Waals surface area contributed by atoms with E-state index in [1.807, 2.05) is 30.3 Å². The van der Waals surface area contributed by atoms with Crippen molar-refractivity contribution in [3.8, 4) is 11.5 Å². The van der Waals surface area contributed by atoms with Crippen LogP contribution in [0.2, 0.25) is 0 Å². The normalized spacial score (nSPS) is 10.1. The maximum Gasteiger partial charge on any atom is 0.166 e. The second-order valence-electron chi connectivity index (χ2n) is 5.48. The summed E-state index contributed by atoms with van der Waals surface area (Å²) in [6.45, 7) is 3.56. The molecule has 0 spiro atoms. The van der Waals surface area contributed by atoms with E-state index in [0.717, 1.165) is 31.0 Å². The van der Waals surface area contributed by atoms with E-state index >= 15 is 0 Å². The molecule has 2 N–H and O–H groups in total. The van der Waals surface area contributed by atoms with Crippen molar-refractivity contribution in [3.05, 3.63) is 59.2 Å². The number of thiocarbonyl (C=S) groups is 1. The third-order valence-corrected chi connectivity index (χ3v) is 4.11. The molecule has 0 aliphatic heterocycles. The van der Waals surface area contributed by atoms with Crippen LogP contribution in [-0.4, -0.2) is 25.9 Å². The molecule has 0 aliphatic rings. The Kier molecular flexibility index (Phi) is 6.88. The van der Waals surface area contributed by atoms with E-state index in [1.165, 1.54) is 16.7 Å². The van der Waals surface area contributed by atoms with Crippen molar-refractivity contribution in [2.75, 3.05) is 20.8 Å². The lowest BCUT2D eigenvalue weighted by molar-refractivity contribution is 0.354. The third-order valence-electron chi connectivity index (χ3n) is 3.82. The average Bonchev–Trinajstić information content (AvgIpc) is 2.61. The number of aryl methyl sites for hydroxylation is 1. The predicted molar refractivity (Wildman–Crippen MR) is 102 cm³/mol. The molecule has 0 bridgehead atoms. The molecule has 0 aliphatic carbocycles. The summed E-state index contributed by atoms with van der Waals surface area (Å²) in [7, 11) is 3.30. The maximum atomic E-state index is 5.36. The molecule has 128 valence electrons. The quantitative estimate of drug-likeness (QED) is 0.755. The van der Waals surface area contributed by atoms with Crippen LogP contribution in [0.3, 0.4) is 0 Å². The first-order chi connectivity index (χ1) is 11.6. The summed E-state index contributed by atoms with van der Waals surface area (Å²) in [6.07, 6.45) is 0.860. The summed E-state index contributed by atoms with van der Waals surface area (Å²) in [6, 6.07) is 14.2. The largest absolute Gasteiger partial charge is 0.493 e. The van der Waals surface area contributed by atoms with Gasteiger partial charge >= 0.3 is 0 Å². The topological polar surface area (TPSA) is 42.5 Å². The van der Waals surface area contributed by atoms with Gasteiger partial charge in [-0.05, 0) is 54.4 Å². The number of benzene rings is 2. The minimum Gasteiger partial charge on any atom is -0.493 e. The highest BCUT2D eigenvalue weighted by Crippen LogP contribution is 2.30. The van der Waals surface area contributed by atoms with Gasteiger partial charge in [0.1, 0.15) is 0 Å². The van der Waals surface area contributed by atoms with E-state index in [2.05, 4.69) is 29.7 Å². The smallest absolute Gasteiger partial charge is 0.166 e. The van der Waals surface area contributed by atoms with Crippen molar-refractivity contribution >= 4 is 17.3 Å². The van der Waals surface area contributed by atoms with Gasteiger partial charge in [-0.2, -0.15) is 0 Å². The van der Waals surface area contributed by atoms with Gasteiger partial charge in [-0.25, -0.2) is 0 Å². The summed E-state index contributed by atoms with van der Waals surface area (Å²) in [5.74, 6) is 1.51. The average molecular weight is 344 g/mol. The summed E-state index contributed by atoms with van der Waals surface area (Å²) in [5, 5.41) is 7.12. The van der Waals surface area contributed by atoms with Crippen LogP contribution >= 0.6 is 12.2 Å². The Labute approximate surface area is 149 Å². The van der Waals surface area contributed by atoms with Crippen LogP contribution in [0.4, 0.5) is 0 Å². The number of ether oxygens (including phenoxy) is 2. The maximum absolute atomic E-state index is 5.36. The molecule has 0 atom stereocenters. The highest BCUT2D eigenvalue weighted by Gasteiger charge is 2.08. The zero-order chi connectivity index (χ0) is 17.4. The van der Waals surface area contributed by atoms with Crippen LogP contribution in [-0.2, 0) is 13.0 Å². The first-order valence-electron chi connectivity index (χ1n) is 7.91. The van der Waals surface area contributed by atoms with E-state index in [-0.39, 0.29) is 0 Å². The lowest BCUT2D eigenvalue weighted by Crippen LogP contribution is -2.35. The zero-order valence-corrected chi connectivity index (χ0v) is 15.2. The number of hydrogen-bond donors (Lipinski definition) is 2. The molecule has 5 heteroatoms.